The topological polar surface area (TPSA) is 66.5 Å². The van der Waals surface area contributed by atoms with Crippen molar-refractivity contribution >= 4 is 35.5 Å². The van der Waals surface area contributed by atoms with Crippen LogP contribution in [0.1, 0.15) is 56.1 Å². The number of nitrogens with one attached hydrogen (secondary N) is 1. The molecule has 5 nitrogen and oxygen atoms in total. The third kappa shape index (κ3) is 4.54. The molecule has 2 heterocycles. The van der Waals surface area contributed by atoms with Crippen LogP contribution in [0.25, 0.3) is 6.08 Å². The number of hydrogen-bond donors (Lipinski definition) is 2. The first-order valence-electron chi connectivity index (χ1n) is 11.1. The van der Waals surface area contributed by atoms with Crippen molar-refractivity contribution in [3.8, 4) is 0 Å². The number of fused-ring (bicyclic) bond motifs is 1. The van der Waals surface area contributed by atoms with Gasteiger partial charge in [0.15, 0.2) is 5.78 Å². The van der Waals surface area contributed by atoms with E-state index in [4.69, 9.17) is 0 Å². The Bertz CT molecular complexity index is 866. The van der Waals surface area contributed by atoms with E-state index in [1.807, 2.05) is 0 Å². The van der Waals surface area contributed by atoms with Crippen LogP contribution < -0.4 is 5.32 Å². The van der Waals surface area contributed by atoms with Crippen molar-refractivity contribution in [2.45, 2.75) is 63.5 Å². The number of likely N-dealkylation sites (tertiary alicyclic amines) is 1. The third-order valence-corrected chi connectivity index (χ3v) is 7.00. The molecule has 160 valence electrons. The van der Waals surface area contributed by atoms with E-state index < -0.39 is 6.04 Å². The highest BCUT2D eigenvalue weighted by atomic mass is 32.1. The summed E-state index contributed by atoms with van der Waals surface area (Å²) in [5, 5.41) is 2.79. The van der Waals surface area contributed by atoms with Crippen LogP contribution in [0, 0.1) is 5.92 Å². The van der Waals surface area contributed by atoms with Crippen LogP contribution in [-0.2, 0) is 20.8 Å². The number of unbranched alkanes of at least 4 members (excludes halogenated alkanes) is 1. The van der Waals surface area contributed by atoms with Crippen molar-refractivity contribution in [2.24, 2.45) is 5.92 Å². The summed E-state index contributed by atoms with van der Waals surface area (Å²) in [5.41, 5.74) is 4.15. The summed E-state index contributed by atoms with van der Waals surface area (Å²) < 4.78 is 0. The molecule has 3 aliphatic rings. The molecular weight excluding hydrogens is 396 g/mol. The highest BCUT2D eigenvalue weighted by molar-refractivity contribution is 7.96. The molecule has 1 aliphatic carbocycles. The van der Waals surface area contributed by atoms with Gasteiger partial charge in [-0.05, 0) is 62.6 Å². The fourth-order valence-electron chi connectivity index (χ4n) is 5.16. The van der Waals surface area contributed by atoms with Crippen molar-refractivity contribution in [1.82, 2.24) is 10.2 Å². The highest BCUT2D eigenvalue weighted by Gasteiger charge is 2.43. The molecule has 1 amide bonds. The van der Waals surface area contributed by atoms with Crippen molar-refractivity contribution in [3.63, 3.8) is 0 Å². The normalized spacial score (nSPS) is 25.3. The maximum absolute atomic E-state index is 13.1. The molecule has 4 rings (SSSR count). The van der Waals surface area contributed by atoms with Gasteiger partial charge in [0, 0.05) is 18.9 Å². The van der Waals surface area contributed by atoms with Gasteiger partial charge >= 0.3 is 0 Å². The van der Waals surface area contributed by atoms with E-state index >= 15 is 0 Å². The largest absolute Gasteiger partial charge is 0.333 e. The summed E-state index contributed by atoms with van der Waals surface area (Å²) in [4.78, 5) is 39.4. The second kappa shape index (κ2) is 9.48. The molecule has 0 bridgehead atoms. The van der Waals surface area contributed by atoms with Gasteiger partial charge in [-0.15, -0.1) is 12.6 Å². The standard InChI is InChI=1S/C24H30N2O3S/c27-21(10-4-1-6-16-14-17-7-2-3-8-18(17)15-16)26-13-5-9-20(26)23(28)19-11-12-25-22(19)24(29)30/h2-3,7-8,14,19-20,22,25H,1,4-6,9-13,15H2,(H,29,30)/t19?,20-,22-/m0/s1. The van der Waals surface area contributed by atoms with Crippen molar-refractivity contribution in [2.75, 3.05) is 13.1 Å². The van der Waals surface area contributed by atoms with Gasteiger partial charge in [-0.3, -0.25) is 14.4 Å². The van der Waals surface area contributed by atoms with Crippen molar-refractivity contribution in [3.05, 3.63) is 41.0 Å². The lowest BCUT2D eigenvalue weighted by Gasteiger charge is -2.27. The lowest BCUT2D eigenvalue weighted by molar-refractivity contribution is -0.139. The summed E-state index contributed by atoms with van der Waals surface area (Å²) in [5.74, 6) is -0.245. The summed E-state index contributed by atoms with van der Waals surface area (Å²) in [7, 11) is 0. The molecule has 1 unspecified atom stereocenters. The fraction of sp³-hybridized carbons (Fsp3) is 0.542. The molecule has 1 aromatic rings. The number of hydrogen-bond acceptors (Lipinski definition) is 4. The Hall–Kier alpha value is -1.92. The number of carbonyl (C=O) groups is 3. The third-order valence-electron chi connectivity index (χ3n) is 6.73. The van der Waals surface area contributed by atoms with E-state index in [-0.39, 0.29) is 28.8 Å². The molecule has 30 heavy (non-hydrogen) atoms. The first-order chi connectivity index (χ1) is 14.5. The van der Waals surface area contributed by atoms with Crippen LogP contribution in [0.3, 0.4) is 0 Å². The highest BCUT2D eigenvalue weighted by Crippen LogP contribution is 2.29. The molecule has 2 fully saturated rings. The number of amides is 1. The van der Waals surface area contributed by atoms with Gasteiger partial charge in [0.2, 0.25) is 11.0 Å². The number of ketones is 1. The Morgan fingerprint density at radius 3 is 2.77 bits per heavy atom. The molecular formula is C24H30N2O3S. The van der Waals surface area contributed by atoms with Crippen LogP contribution in [0.4, 0.5) is 0 Å². The Balaban J connectivity index is 1.25. The fourth-order valence-corrected chi connectivity index (χ4v) is 5.43. The van der Waals surface area contributed by atoms with E-state index in [0.717, 1.165) is 32.1 Å². The van der Waals surface area contributed by atoms with Crippen LogP contribution in [0.15, 0.2) is 29.8 Å². The predicted octanol–water partition coefficient (Wildman–Crippen LogP) is 3.18. The monoisotopic (exact) mass is 426 g/mol. The molecule has 0 saturated carbocycles. The molecule has 1 N–H and O–H groups in total. The average Bonchev–Trinajstić information content (AvgIpc) is 3.48. The molecule has 2 aliphatic heterocycles. The molecule has 6 heteroatoms. The van der Waals surface area contributed by atoms with E-state index in [1.54, 1.807) is 4.90 Å². The quantitative estimate of drug-likeness (QED) is 0.495. The van der Waals surface area contributed by atoms with Crippen LogP contribution in [0.5, 0.6) is 0 Å². The van der Waals surface area contributed by atoms with Crippen LogP contribution in [0.2, 0.25) is 0 Å². The Morgan fingerprint density at radius 1 is 1.13 bits per heavy atom. The van der Waals surface area contributed by atoms with Gasteiger partial charge < -0.3 is 10.2 Å². The van der Waals surface area contributed by atoms with Crippen LogP contribution in [-0.4, -0.2) is 46.9 Å². The molecule has 0 spiro atoms. The van der Waals surface area contributed by atoms with Crippen LogP contribution >= 0.6 is 12.6 Å². The SMILES string of the molecule is O=C(S)[C@H]1NCCC1C(=O)[C@@H]1CCCN1C(=O)CCCCC1=Cc2ccccc2C1. The minimum absolute atomic E-state index is 0.0344. The van der Waals surface area contributed by atoms with Gasteiger partial charge in [-0.1, -0.05) is 35.9 Å². The lowest BCUT2D eigenvalue weighted by Crippen LogP contribution is -2.46. The number of benzene rings is 1. The van der Waals surface area contributed by atoms with Crippen molar-refractivity contribution in [1.29, 1.82) is 0 Å². The second-order valence-electron chi connectivity index (χ2n) is 8.70. The predicted molar refractivity (Wildman–Crippen MR) is 120 cm³/mol. The number of thiol groups is 1. The number of nitrogens with zero attached hydrogens (tertiary/aromatic N) is 1. The van der Waals surface area contributed by atoms with Crippen molar-refractivity contribution < 1.29 is 14.4 Å². The number of rotatable bonds is 8. The van der Waals surface area contributed by atoms with E-state index in [2.05, 4.69) is 48.3 Å². The van der Waals surface area contributed by atoms with E-state index in [1.165, 1.54) is 16.7 Å². The van der Waals surface area contributed by atoms with E-state index in [9.17, 15) is 14.4 Å². The van der Waals surface area contributed by atoms with Gasteiger partial charge in [0.25, 0.3) is 0 Å². The number of allylic oxidation sites excluding steroid dienone is 1. The maximum atomic E-state index is 13.1. The van der Waals surface area contributed by atoms with E-state index in [0.29, 0.717) is 32.4 Å². The molecule has 0 radical (unpaired) electrons. The minimum Gasteiger partial charge on any atom is -0.333 e. The lowest BCUT2D eigenvalue weighted by atomic mass is 9.90. The Labute approximate surface area is 183 Å². The summed E-state index contributed by atoms with van der Waals surface area (Å²) in [6, 6.07) is 7.60. The molecule has 2 saturated heterocycles. The first-order valence-corrected chi connectivity index (χ1v) is 11.6. The number of carbonyl (C=O) groups excluding carboxylic acids is 3. The second-order valence-corrected chi connectivity index (χ2v) is 9.14. The minimum atomic E-state index is -0.512. The smallest absolute Gasteiger partial charge is 0.223 e. The first kappa shape index (κ1) is 21.3. The van der Waals surface area contributed by atoms with Gasteiger partial charge in [0.05, 0.1) is 12.1 Å². The summed E-state index contributed by atoms with van der Waals surface area (Å²) >= 11 is 3.92. The van der Waals surface area contributed by atoms with Gasteiger partial charge in [-0.2, -0.15) is 0 Å². The van der Waals surface area contributed by atoms with Gasteiger partial charge in [0.1, 0.15) is 0 Å². The summed E-state index contributed by atoms with van der Waals surface area (Å²) in [6.45, 7) is 1.29. The molecule has 1 aromatic carbocycles. The Kier molecular flexibility index (Phi) is 6.74. The summed E-state index contributed by atoms with van der Waals surface area (Å²) in [6.07, 6.45) is 8.84. The average molecular weight is 427 g/mol. The zero-order valence-corrected chi connectivity index (χ0v) is 18.2. The van der Waals surface area contributed by atoms with Gasteiger partial charge in [-0.25, -0.2) is 0 Å². The zero-order valence-electron chi connectivity index (χ0n) is 17.3. The number of Topliss-reactive ketones (excluding diaryl/α,β-unsaturated/α-hetero) is 1. The maximum Gasteiger partial charge on any atom is 0.223 e. The molecule has 3 atom stereocenters. The zero-order chi connectivity index (χ0) is 21.1. The molecule has 0 aromatic heterocycles. The Morgan fingerprint density at radius 2 is 1.97 bits per heavy atom.